The Bertz CT molecular complexity index is 387. The van der Waals surface area contributed by atoms with Crippen molar-refractivity contribution in [3.8, 4) is 0 Å². The lowest BCUT2D eigenvalue weighted by Crippen LogP contribution is -1.93. The molecule has 2 heteroatoms. The van der Waals surface area contributed by atoms with Gasteiger partial charge in [-0.1, -0.05) is 38.7 Å². The molecule has 0 fully saturated rings. The Hall–Kier alpha value is -1.57. The highest BCUT2D eigenvalue weighted by molar-refractivity contribution is 5.71. The molecular weight excluding hydrogens is 237 g/mol. The first-order valence-corrected chi connectivity index (χ1v) is 6.62. The number of alkyl halides is 1. The SMILES string of the molecule is C=Cc1c(C)c(/C=C\C)c(/C=C\C)n1C.CC.CF. The molecule has 0 radical (unpaired) electrons. The minimum Gasteiger partial charge on any atom is -0.344 e. The van der Waals surface area contributed by atoms with E-state index in [0.717, 1.165) is 0 Å². The molecule has 0 saturated carbocycles. The van der Waals surface area contributed by atoms with Gasteiger partial charge in [-0.25, -0.2) is 0 Å². The molecule has 0 N–H and O–H groups in total. The van der Waals surface area contributed by atoms with Gasteiger partial charge in [0.2, 0.25) is 0 Å². The van der Waals surface area contributed by atoms with E-state index in [-0.39, 0.29) is 0 Å². The van der Waals surface area contributed by atoms with Crippen LogP contribution in [0.25, 0.3) is 18.2 Å². The third-order valence-corrected chi connectivity index (χ3v) is 2.64. The van der Waals surface area contributed by atoms with Gasteiger partial charge in [0, 0.05) is 24.0 Å². The third-order valence-electron chi connectivity index (χ3n) is 2.64. The lowest BCUT2D eigenvalue weighted by Gasteiger charge is -2.00. The summed E-state index contributed by atoms with van der Waals surface area (Å²) in [7, 11) is 2.58. The van der Waals surface area contributed by atoms with E-state index in [1.165, 1.54) is 22.5 Å². The van der Waals surface area contributed by atoms with Gasteiger partial charge in [0.05, 0.1) is 7.18 Å². The molecule has 0 bridgehead atoms. The Labute approximate surface area is 118 Å². The van der Waals surface area contributed by atoms with Crippen LogP contribution in [0.2, 0.25) is 0 Å². The summed E-state index contributed by atoms with van der Waals surface area (Å²) < 4.78 is 11.7. The maximum atomic E-state index is 9.50. The van der Waals surface area contributed by atoms with Gasteiger partial charge in [-0.2, -0.15) is 0 Å². The van der Waals surface area contributed by atoms with Crippen LogP contribution in [-0.4, -0.2) is 11.7 Å². The summed E-state index contributed by atoms with van der Waals surface area (Å²) in [5.74, 6) is 0. The minimum atomic E-state index is 0.500. The second kappa shape index (κ2) is 11.5. The summed E-state index contributed by atoms with van der Waals surface area (Å²) in [6.45, 7) is 14.1. The van der Waals surface area contributed by atoms with Gasteiger partial charge in [-0.15, -0.1) is 0 Å². The Balaban J connectivity index is 0. The lowest BCUT2D eigenvalue weighted by molar-refractivity contribution is 0.636. The van der Waals surface area contributed by atoms with E-state index in [9.17, 15) is 4.39 Å². The molecule has 0 aliphatic heterocycles. The van der Waals surface area contributed by atoms with E-state index in [1.54, 1.807) is 0 Å². The van der Waals surface area contributed by atoms with E-state index in [2.05, 4.69) is 49.4 Å². The maximum Gasteiger partial charge on any atom is 0.0785 e. The van der Waals surface area contributed by atoms with Gasteiger partial charge in [-0.3, -0.25) is 4.39 Å². The van der Waals surface area contributed by atoms with Crippen LogP contribution in [0.4, 0.5) is 4.39 Å². The summed E-state index contributed by atoms with van der Waals surface area (Å²) in [5, 5.41) is 0. The minimum absolute atomic E-state index is 0.500. The van der Waals surface area contributed by atoms with Gasteiger partial charge in [0.1, 0.15) is 0 Å². The molecule has 0 aromatic carbocycles. The van der Waals surface area contributed by atoms with Crippen molar-refractivity contribution in [3.05, 3.63) is 41.2 Å². The smallest absolute Gasteiger partial charge is 0.0785 e. The van der Waals surface area contributed by atoms with Gasteiger partial charge in [0.25, 0.3) is 0 Å². The average molecular weight is 265 g/mol. The fourth-order valence-electron chi connectivity index (χ4n) is 1.92. The molecule has 1 nitrogen and oxygen atoms in total. The van der Waals surface area contributed by atoms with Gasteiger partial charge in [0.15, 0.2) is 0 Å². The van der Waals surface area contributed by atoms with Crippen LogP contribution in [0.1, 0.15) is 50.2 Å². The fourth-order valence-corrected chi connectivity index (χ4v) is 1.92. The number of hydrogen-bond donors (Lipinski definition) is 0. The number of hydrogen-bond acceptors (Lipinski definition) is 0. The molecule has 1 heterocycles. The molecule has 0 amide bonds. The van der Waals surface area contributed by atoms with Gasteiger partial charge < -0.3 is 4.57 Å². The Kier molecular flexibility index (Phi) is 12.0. The van der Waals surface area contributed by atoms with Gasteiger partial charge >= 0.3 is 0 Å². The van der Waals surface area contributed by atoms with Crippen molar-refractivity contribution in [2.24, 2.45) is 7.05 Å². The molecule has 108 valence electrons. The number of halogens is 1. The highest BCUT2D eigenvalue weighted by Crippen LogP contribution is 2.25. The second-order valence-electron chi connectivity index (χ2n) is 3.57. The van der Waals surface area contributed by atoms with E-state index in [0.29, 0.717) is 7.18 Å². The molecule has 0 atom stereocenters. The molecular formula is C17H28FN. The van der Waals surface area contributed by atoms with Crippen LogP contribution in [-0.2, 0) is 7.05 Å². The van der Waals surface area contributed by atoms with E-state index >= 15 is 0 Å². The number of aromatic nitrogens is 1. The molecule has 0 aliphatic rings. The summed E-state index contributed by atoms with van der Waals surface area (Å²) in [6.07, 6.45) is 10.3. The molecule has 0 aliphatic carbocycles. The van der Waals surface area contributed by atoms with Gasteiger partial charge in [-0.05, 0) is 38.5 Å². The fraction of sp³-hybridized carbons (Fsp3) is 0.412. The molecule has 0 unspecified atom stereocenters. The summed E-state index contributed by atoms with van der Waals surface area (Å²) in [5.41, 5.74) is 5.01. The summed E-state index contributed by atoms with van der Waals surface area (Å²) in [4.78, 5) is 0. The lowest BCUT2D eigenvalue weighted by atomic mass is 10.1. The summed E-state index contributed by atoms with van der Waals surface area (Å²) in [6, 6.07) is 0. The largest absolute Gasteiger partial charge is 0.344 e. The predicted molar refractivity (Wildman–Crippen MR) is 88.0 cm³/mol. The van der Waals surface area contributed by atoms with E-state index < -0.39 is 0 Å². The first kappa shape index (κ1) is 19.8. The van der Waals surface area contributed by atoms with Crippen molar-refractivity contribution in [2.45, 2.75) is 34.6 Å². The zero-order chi connectivity index (χ0) is 15.4. The Morgan fingerprint density at radius 1 is 1.00 bits per heavy atom. The van der Waals surface area contributed by atoms with Crippen molar-refractivity contribution < 1.29 is 4.39 Å². The Morgan fingerprint density at radius 2 is 1.47 bits per heavy atom. The number of nitrogens with zero attached hydrogens (tertiary/aromatic N) is 1. The van der Waals surface area contributed by atoms with Crippen molar-refractivity contribution in [3.63, 3.8) is 0 Å². The number of allylic oxidation sites excluding steroid dienone is 2. The second-order valence-corrected chi connectivity index (χ2v) is 3.57. The Morgan fingerprint density at radius 3 is 1.84 bits per heavy atom. The molecule has 1 rings (SSSR count). The highest BCUT2D eigenvalue weighted by Gasteiger charge is 2.11. The van der Waals surface area contributed by atoms with Crippen LogP contribution in [0.5, 0.6) is 0 Å². The van der Waals surface area contributed by atoms with Crippen LogP contribution in [0.3, 0.4) is 0 Å². The quantitative estimate of drug-likeness (QED) is 0.665. The van der Waals surface area contributed by atoms with Crippen molar-refractivity contribution in [1.82, 2.24) is 4.57 Å². The first-order chi connectivity index (χ1) is 9.17. The molecule has 1 aromatic rings. The van der Waals surface area contributed by atoms with Crippen molar-refractivity contribution in [2.75, 3.05) is 7.18 Å². The monoisotopic (exact) mass is 265 g/mol. The van der Waals surface area contributed by atoms with E-state index in [1.807, 2.05) is 33.8 Å². The maximum absolute atomic E-state index is 9.50. The van der Waals surface area contributed by atoms with Crippen molar-refractivity contribution >= 4 is 18.2 Å². The standard InChI is InChI=1S/C14H19N.C2H6.CH3F/c1-6-9-12-11(4)13(8-3)15(5)14(12)10-7-2;2*1-2/h6-10H,3H2,1-2,4-5H3;1-2H3;1H3/b9-6-,10-7-;;. The third kappa shape index (κ3) is 4.90. The summed E-state index contributed by atoms with van der Waals surface area (Å²) >= 11 is 0. The molecule has 1 aromatic heterocycles. The van der Waals surface area contributed by atoms with Crippen LogP contribution in [0, 0.1) is 6.92 Å². The first-order valence-electron chi connectivity index (χ1n) is 6.62. The zero-order valence-corrected chi connectivity index (χ0v) is 13.4. The molecule has 0 saturated heterocycles. The molecule has 0 spiro atoms. The highest BCUT2D eigenvalue weighted by atomic mass is 19.1. The normalized spacial score (nSPS) is 9.89. The topological polar surface area (TPSA) is 4.93 Å². The van der Waals surface area contributed by atoms with Crippen molar-refractivity contribution in [1.29, 1.82) is 0 Å². The van der Waals surface area contributed by atoms with Crippen LogP contribution in [0.15, 0.2) is 18.7 Å². The van der Waals surface area contributed by atoms with Crippen LogP contribution < -0.4 is 0 Å². The van der Waals surface area contributed by atoms with Crippen LogP contribution >= 0.6 is 0 Å². The average Bonchev–Trinajstić information content (AvgIpc) is 2.68. The van der Waals surface area contributed by atoms with E-state index in [4.69, 9.17) is 0 Å². The predicted octanol–water partition coefficient (Wildman–Crippen LogP) is 5.65. The molecule has 19 heavy (non-hydrogen) atoms. The number of rotatable bonds is 3. The zero-order valence-electron chi connectivity index (χ0n) is 13.4.